The van der Waals surface area contributed by atoms with Gasteiger partial charge in [0.2, 0.25) is 0 Å². The highest BCUT2D eigenvalue weighted by molar-refractivity contribution is 5.95. The molecule has 0 saturated carbocycles. The SMILES string of the molecule is Cc1ccc(OCC(=O)NCCNC(=O)c2cc(O)c(O)c(O)c2)cc1. The molecule has 0 atom stereocenters. The third-order valence-corrected chi connectivity index (χ3v) is 3.46. The van der Waals surface area contributed by atoms with Crippen LogP contribution in [0.2, 0.25) is 0 Å². The molecular formula is C18H20N2O6. The molecule has 2 rings (SSSR count). The van der Waals surface area contributed by atoms with Gasteiger partial charge in [0.15, 0.2) is 23.9 Å². The fraction of sp³-hybridized carbons (Fsp3) is 0.222. The van der Waals surface area contributed by atoms with E-state index in [2.05, 4.69) is 10.6 Å². The number of carbonyl (C=O) groups is 2. The molecule has 0 aliphatic heterocycles. The van der Waals surface area contributed by atoms with Gasteiger partial charge in [-0.2, -0.15) is 0 Å². The molecule has 2 aromatic carbocycles. The van der Waals surface area contributed by atoms with Gasteiger partial charge in [0.1, 0.15) is 5.75 Å². The number of amides is 2. The Hall–Kier alpha value is -3.42. The summed E-state index contributed by atoms with van der Waals surface area (Å²) >= 11 is 0. The highest BCUT2D eigenvalue weighted by Gasteiger charge is 2.13. The van der Waals surface area contributed by atoms with Crippen LogP contribution in [0.4, 0.5) is 0 Å². The molecule has 0 saturated heterocycles. The number of hydrogen-bond donors (Lipinski definition) is 5. The summed E-state index contributed by atoms with van der Waals surface area (Å²) in [5.74, 6) is -2.21. The Morgan fingerprint density at radius 3 is 2.15 bits per heavy atom. The minimum atomic E-state index is -0.692. The van der Waals surface area contributed by atoms with E-state index >= 15 is 0 Å². The summed E-state index contributed by atoms with van der Waals surface area (Å²) in [5, 5.41) is 33.1. The Labute approximate surface area is 150 Å². The number of hydrogen-bond acceptors (Lipinski definition) is 6. The van der Waals surface area contributed by atoms with Gasteiger partial charge >= 0.3 is 0 Å². The maximum absolute atomic E-state index is 11.9. The molecule has 0 unspecified atom stereocenters. The van der Waals surface area contributed by atoms with Crippen molar-refractivity contribution in [3.05, 3.63) is 47.5 Å². The van der Waals surface area contributed by atoms with Gasteiger partial charge in [0.25, 0.3) is 11.8 Å². The largest absolute Gasteiger partial charge is 0.504 e. The van der Waals surface area contributed by atoms with Crippen LogP contribution < -0.4 is 15.4 Å². The molecule has 2 aromatic rings. The van der Waals surface area contributed by atoms with E-state index < -0.39 is 23.2 Å². The summed E-state index contributed by atoms with van der Waals surface area (Å²) in [6, 6.07) is 9.34. The Morgan fingerprint density at radius 1 is 0.962 bits per heavy atom. The molecule has 26 heavy (non-hydrogen) atoms. The van der Waals surface area contributed by atoms with Gasteiger partial charge in [-0.1, -0.05) is 17.7 Å². The van der Waals surface area contributed by atoms with Crippen molar-refractivity contribution in [3.8, 4) is 23.0 Å². The molecule has 0 aliphatic rings. The molecule has 138 valence electrons. The van der Waals surface area contributed by atoms with E-state index in [1.165, 1.54) is 0 Å². The molecule has 0 heterocycles. The molecule has 2 amide bonds. The fourth-order valence-corrected chi connectivity index (χ4v) is 2.05. The van der Waals surface area contributed by atoms with Crippen molar-refractivity contribution in [1.82, 2.24) is 10.6 Å². The minimum Gasteiger partial charge on any atom is -0.504 e. The molecule has 0 radical (unpaired) electrons. The lowest BCUT2D eigenvalue weighted by atomic mass is 10.1. The van der Waals surface area contributed by atoms with Gasteiger partial charge in [0.05, 0.1) is 0 Å². The summed E-state index contributed by atoms with van der Waals surface area (Å²) in [7, 11) is 0. The van der Waals surface area contributed by atoms with Crippen LogP contribution in [0.1, 0.15) is 15.9 Å². The summed E-state index contributed by atoms with van der Waals surface area (Å²) in [6.07, 6.45) is 0. The number of rotatable bonds is 7. The van der Waals surface area contributed by atoms with Gasteiger partial charge in [-0.3, -0.25) is 9.59 Å². The van der Waals surface area contributed by atoms with Crippen molar-refractivity contribution < 1.29 is 29.6 Å². The lowest BCUT2D eigenvalue weighted by Crippen LogP contribution is -2.36. The molecule has 0 aromatic heterocycles. The smallest absolute Gasteiger partial charge is 0.258 e. The maximum Gasteiger partial charge on any atom is 0.258 e. The maximum atomic E-state index is 11.9. The predicted octanol–water partition coefficient (Wildman–Crippen LogP) is 1.04. The van der Waals surface area contributed by atoms with Crippen molar-refractivity contribution in [1.29, 1.82) is 0 Å². The van der Waals surface area contributed by atoms with Crippen LogP contribution in [0.15, 0.2) is 36.4 Å². The summed E-state index contributed by atoms with van der Waals surface area (Å²) in [4.78, 5) is 23.6. The van der Waals surface area contributed by atoms with Crippen molar-refractivity contribution in [2.75, 3.05) is 19.7 Å². The third-order valence-electron chi connectivity index (χ3n) is 3.46. The topological polar surface area (TPSA) is 128 Å². The average molecular weight is 360 g/mol. The first kappa shape index (κ1) is 18.9. The highest BCUT2D eigenvalue weighted by Crippen LogP contribution is 2.35. The third kappa shape index (κ3) is 5.30. The van der Waals surface area contributed by atoms with Crippen LogP contribution in [-0.4, -0.2) is 46.8 Å². The van der Waals surface area contributed by atoms with E-state index in [1.54, 1.807) is 12.1 Å². The number of benzene rings is 2. The number of aryl methyl sites for hydroxylation is 1. The summed E-state index contributed by atoms with van der Waals surface area (Å²) < 4.78 is 5.33. The Bertz CT molecular complexity index is 766. The molecule has 0 spiro atoms. The van der Waals surface area contributed by atoms with E-state index in [4.69, 9.17) is 4.74 Å². The molecule has 0 fully saturated rings. The Morgan fingerprint density at radius 2 is 1.54 bits per heavy atom. The lowest BCUT2D eigenvalue weighted by molar-refractivity contribution is -0.123. The van der Waals surface area contributed by atoms with Crippen LogP contribution in [-0.2, 0) is 4.79 Å². The monoisotopic (exact) mass is 360 g/mol. The van der Waals surface area contributed by atoms with Gasteiger partial charge in [-0.05, 0) is 31.2 Å². The summed E-state index contributed by atoms with van der Waals surface area (Å²) in [5.41, 5.74) is 1.07. The van der Waals surface area contributed by atoms with Gasteiger partial charge < -0.3 is 30.7 Å². The number of phenols is 3. The normalized spacial score (nSPS) is 10.2. The molecule has 0 bridgehead atoms. The predicted molar refractivity (Wildman–Crippen MR) is 93.5 cm³/mol. The number of ether oxygens (including phenoxy) is 1. The zero-order valence-corrected chi connectivity index (χ0v) is 14.2. The number of aromatic hydroxyl groups is 3. The Balaban J connectivity index is 1.70. The van der Waals surface area contributed by atoms with Gasteiger partial charge in [-0.25, -0.2) is 0 Å². The molecule has 0 aliphatic carbocycles. The molecular weight excluding hydrogens is 340 g/mol. The number of nitrogens with one attached hydrogen (secondary N) is 2. The quantitative estimate of drug-likeness (QED) is 0.371. The number of carbonyl (C=O) groups excluding carboxylic acids is 2. The summed E-state index contributed by atoms with van der Waals surface area (Å²) in [6.45, 7) is 2.12. The van der Waals surface area contributed by atoms with E-state index in [1.807, 2.05) is 19.1 Å². The average Bonchev–Trinajstić information content (AvgIpc) is 2.62. The van der Waals surface area contributed by atoms with Crippen molar-refractivity contribution in [2.45, 2.75) is 6.92 Å². The second kappa shape index (κ2) is 8.61. The molecule has 5 N–H and O–H groups in total. The lowest BCUT2D eigenvalue weighted by Gasteiger charge is -2.09. The van der Waals surface area contributed by atoms with Crippen molar-refractivity contribution in [3.63, 3.8) is 0 Å². The highest BCUT2D eigenvalue weighted by atomic mass is 16.5. The van der Waals surface area contributed by atoms with Gasteiger partial charge in [-0.15, -0.1) is 0 Å². The van der Waals surface area contributed by atoms with Crippen LogP contribution in [0.5, 0.6) is 23.0 Å². The molecule has 8 nitrogen and oxygen atoms in total. The Kier molecular flexibility index (Phi) is 6.26. The first-order valence-corrected chi connectivity index (χ1v) is 7.86. The second-order valence-electron chi connectivity index (χ2n) is 5.57. The van der Waals surface area contributed by atoms with Crippen LogP contribution in [0.3, 0.4) is 0 Å². The van der Waals surface area contributed by atoms with E-state index in [0.29, 0.717) is 5.75 Å². The van der Waals surface area contributed by atoms with E-state index in [9.17, 15) is 24.9 Å². The second-order valence-corrected chi connectivity index (χ2v) is 5.57. The van der Waals surface area contributed by atoms with Crippen molar-refractivity contribution in [2.24, 2.45) is 0 Å². The first-order valence-electron chi connectivity index (χ1n) is 7.86. The van der Waals surface area contributed by atoms with E-state index in [0.717, 1.165) is 17.7 Å². The van der Waals surface area contributed by atoms with Gasteiger partial charge in [0, 0.05) is 18.7 Å². The molecule has 8 heteroatoms. The zero-order chi connectivity index (χ0) is 19.1. The number of phenolic OH excluding ortho intramolecular Hbond substituents is 3. The zero-order valence-electron chi connectivity index (χ0n) is 14.2. The minimum absolute atomic E-state index is 0.0215. The van der Waals surface area contributed by atoms with Crippen LogP contribution >= 0.6 is 0 Å². The van der Waals surface area contributed by atoms with E-state index in [-0.39, 0.29) is 31.2 Å². The standard InChI is InChI=1S/C18H20N2O6/c1-11-2-4-13(5-3-11)26-10-16(23)19-6-7-20-18(25)12-8-14(21)17(24)15(22)9-12/h2-5,8-9,21-22,24H,6-7,10H2,1H3,(H,19,23)(H,20,25). The van der Waals surface area contributed by atoms with Crippen LogP contribution in [0.25, 0.3) is 0 Å². The fourth-order valence-electron chi connectivity index (χ4n) is 2.05. The first-order chi connectivity index (χ1) is 12.4. The van der Waals surface area contributed by atoms with Crippen molar-refractivity contribution >= 4 is 11.8 Å². The van der Waals surface area contributed by atoms with Crippen LogP contribution in [0, 0.1) is 6.92 Å².